The van der Waals surface area contributed by atoms with Crippen LogP contribution in [0.1, 0.15) is 65.2 Å². The van der Waals surface area contributed by atoms with Crippen molar-refractivity contribution in [2.75, 3.05) is 6.54 Å². The van der Waals surface area contributed by atoms with E-state index in [1.54, 1.807) is 6.92 Å². The SMILES string of the molecule is CCCCCCCCCCN=NC(C)C(=O)O. The molecule has 0 bridgehead atoms. The van der Waals surface area contributed by atoms with E-state index < -0.39 is 12.0 Å². The molecule has 0 aromatic rings. The lowest BCUT2D eigenvalue weighted by molar-refractivity contribution is -0.138. The molecule has 4 nitrogen and oxygen atoms in total. The number of unbranched alkanes of at least 4 members (excludes halogenated alkanes) is 7. The average Bonchev–Trinajstić information content (AvgIpc) is 2.31. The van der Waals surface area contributed by atoms with Gasteiger partial charge in [-0.05, 0) is 13.3 Å². The molecule has 17 heavy (non-hydrogen) atoms. The van der Waals surface area contributed by atoms with Crippen LogP contribution in [0.25, 0.3) is 0 Å². The number of aliphatic carboxylic acids is 1. The summed E-state index contributed by atoms with van der Waals surface area (Å²) in [7, 11) is 0. The van der Waals surface area contributed by atoms with Gasteiger partial charge in [0, 0.05) is 0 Å². The highest BCUT2D eigenvalue weighted by atomic mass is 16.4. The summed E-state index contributed by atoms with van der Waals surface area (Å²) in [6.07, 6.45) is 10.1. The van der Waals surface area contributed by atoms with Crippen molar-refractivity contribution in [3.05, 3.63) is 0 Å². The largest absolute Gasteiger partial charge is 0.480 e. The Morgan fingerprint density at radius 2 is 1.59 bits per heavy atom. The lowest BCUT2D eigenvalue weighted by Crippen LogP contribution is -2.12. The summed E-state index contributed by atoms with van der Waals surface area (Å²) in [6.45, 7) is 4.43. The molecule has 0 fully saturated rings. The molecule has 4 heteroatoms. The van der Waals surface area contributed by atoms with Crippen molar-refractivity contribution in [3.63, 3.8) is 0 Å². The zero-order valence-electron chi connectivity index (χ0n) is 11.2. The van der Waals surface area contributed by atoms with Gasteiger partial charge in [-0.25, -0.2) is 4.79 Å². The first-order chi connectivity index (χ1) is 8.18. The van der Waals surface area contributed by atoms with Crippen molar-refractivity contribution >= 4 is 5.97 Å². The lowest BCUT2D eigenvalue weighted by Gasteiger charge is -2.00. The molecule has 0 aromatic carbocycles. The Labute approximate surface area is 105 Å². The van der Waals surface area contributed by atoms with E-state index in [2.05, 4.69) is 17.2 Å². The maximum atomic E-state index is 10.4. The molecule has 0 aliphatic heterocycles. The summed E-state index contributed by atoms with van der Waals surface area (Å²) in [5, 5.41) is 16.2. The summed E-state index contributed by atoms with van der Waals surface area (Å²) >= 11 is 0. The highest BCUT2D eigenvalue weighted by Gasteiger charge is 2.07. The monoisotopic (exact) mass is 242 g/mol. The Hall–Kier alpha value is -0.930. The predicted octanol–water partition coefficient (Wildman–Crippen LogP) is 4.05. The molecule has 0 radical (unpaired) electrons. The minimum absolute atomic E-state index is 0.659. The van der Waals surface area contributed by atoms with Gasteiger partial charge in [-0.2, -0.15) is 10.2 Å². The molecular weight excluding hydrogens is 216 g/mol. The third-order valence-corrected chi connectivity index (χ3v) is 2.72. The van der Waals surface area contributed by atoms with Crippen molar-refractivity contribution in [1.82, 2.24) is 0 Å². The fourth-order valence-corrected chi connectivity index (χ4v) is 1.55. The highest BCUT2D eigenvalue weighted by molar-refractivity contribution is 5.72. The van der Waals surface area contributed by atoms with E-state index >= 15 is 0 Å². The Bertz CT molecular complexity index is 217. The van der Waals surface area contributed by atoms with Gasteiger partial charge in [-0.15, -0.1) is 0 Å². The molecule has 0 saturated carbocycles. The summed E-state index contributed by atoms with van der Waals surface area (Å²) in [5.41, 5.74) is 0. The van der Waals surface area contributed by atoms with Gasteiger partial charge < -0.3 is 5.11 Å². The van der Waals surface area contributed by atoms with Crippen LogP contribution in [0.3, 0.4) is 0 Å². The van der Waals surface area contributed by atoms with Gasteiger partial charge in [0.25, 0.3) is 0 Å². The van der Waals surface area contributed by atoms with Crippen LogP contribution in [0.5, 0.6) is 0 Å². The van der Waals surface area contributed by atoms with E-state index in [0.717, 1.165) is 6.42 Å². The molecule has 1 atom stereocenters. The van der Waals surface area contributed by atoms with Crippen LogP contribution in [0, 0.1) is 0 Å². The van der Waals surface area contributed by atoms with Crippen LogP contribution in [0.15, 0.2) is 10.2 Å². The van der Waals surface area contributed by atoms with Gasteiger partial charge in [-0.1, -0.05) is 51.9 Å². The molecule has 1 unspecified atom stereocenters. The maximum absolute atomic E-state index is 10.4. The number of carboxylic acid groups (broad SMARTS) is 1. The van der Waals surface area contributed by atoms with Crippen molar-refractivity contribution in [1.29, 1.82) is 0 Å². The highest BCUT2D eigenvalue weighted by Crippen LogP contribution is 2.08. The summed E-state index contributed by atoms with van der Waals surface area (Å²) < 4.78 is 0. The van der Waals surface area contributed by atoms with Crippen LogP contribution < -0.4 is 0 Å². The van der Waals surface area contributed by atoms with Gasteiger partial charge >= 0.3 is 5.97 Å². The van der Waals surface area contributed by atoms with Crippen molar-refractivity contribution < 1.29 is 9.90 Å². The van der Waals surface area contributed by atoms with E-state index in [9.17, 15) is 4.79 Å². The second-order valence-corrected chi connectivity index (χ2v) is 4.47. The molecule has 0 rings (SSSR count). The molecule has 0 heterocycles. The summed E-state index contributed by atoms with van der Waals surface area (Å²) in [6, 6.07) is -0.705. The van der Waals surface area contributed by atoms with Crippen LogP contribution in [0.4, 0.5) is 0 Å². The number of hydrogen-bond acceptors (Lipinski definition) is 3. The number of rotatable bonds is 11. The normalized spacial score (nSPS) is 13.1. The smallest absolute Gasteiger partial charge is 0.330 e. The number of azo groups is 1. The summed E-state index contributed by atoms with van der Waals surface area (Å²) in [4.78, 5) is 10.4. The number of hydrogen-bond donors (Lipinski definition) is 1. The first-order valence-electron chi connectivity index (χ1n) is 6.78. The molecule has 0 aliphatic rings. The predicted molar refractivity (Wildman–Crippen MR) is 69.4 cm³/mol. The maximum Gasteiger partial charge on any atom is 0.330 e. The van der Waals surface area contributed by atoms with Gasteiger partial charge in [0.05, 0.1) is 6.54 Å². The van der Waals surface area contributed by atoms with Crippen molar-refractivity contribution in [3.8, 4) is 0 Å². The van der Waals surface area contributed by atoms with E-state index in [1.807, 2.05) is 0 Å². The van der Waals surface area contributed by atoms with Gasteiger partial charge in [0.1, 0.15) is 0 Å². The fourth-order valence-electron chi connectivity index (χ4n) is 1.55. The summed E-state index contributed by atoms with van der Waals surface area (Å²) in [5.74, 6) is -0.912. The van der Waals surface area contributed by atoms with Crippen LogP contribution in [-0.2, 0) is 4.79 Å². The molecule has 0 amide bonds. The Kier molecular flexibility index (Phi) is 10.9. The average molecular weight is 242 g/mol. The Balaban J connectivity index is 3.21. The zero-order chi connectivity index (χ0) is 12.9. The standard InChI is InChI=1S/C13H26N2O2/c1-3-4-5-6-7-8-9-10-11-14-15-12(2)13(16)17/h12H,3-11H2,1-2H3,(H,16,17). The van der Waals surface area contributed by atoms with Crippen LogP contribution in [0.2, 0.25) is 0 Å². The van der Waals surface area contributed by atoms with Gasteiger partial charge in [-0.3, -0.25) is 0 Å². The number of carboxylic acids is 1. The molecule has 0 saturated heterocycles. The third kappa shape index (κ3) is 11.3. The van der Waals surface area contributed by atoms with E-state index in [1.165, 1.54) is 44.9 Å². The second-order valence-electron chi connectivity index (χ2n) is 4.47. The zero-order valence-corrected chi connectivity index (χ0v) is 11.2. The van der Waals surface area contributed by atoms with Crippen LogP contribution >= 0.6 is 0 Å². The fraction of sp³-hybridized carbons (Fsp3) is 0.923. The number of nitrogens with zero attached hydrogens (tertiary/aromatic N) is 2. The lowest BCUT2D eigenvalue weighted by atomic mass is 10.1. The Morgan fingerprint density at radius 1 is 1.06 bits per heavy atom. The number of carbonyl (C=O) groups is 1. The quantitative estimate of drug-likeness (QED) is 0.439. The molecular formula is C13H26N2O2. The van der Waals surface area contributed by atoms with Gasteiger partial charge in [0.2, 0.25) is 0 Å². The van der Waals surface area contributed by atoms with Crippen molar-refractivity contribution in [2.45, 2.75) is 71.3 Å². The molecule has 1 N–H and O–H groups in total. The Morgan fingerprint density at radius 3 is 2.12 bits per heavy atom. The van der Waals surface area contributed by atoms with Gasteiger partial charge in [0.15, 0.2) is 6.04 Å². The van der Waals surface area contributed by atoms with E-state index in [-0.39, 0.29) is 0 Å². The molecule has 0 spiro atoms. The third-order valence-electron chi connectivity index (χ3n) is 2.72. The molecule has 0 aliphatic carbocycles. The first-order valence-corrected chi connectivity index (χ1v) is 6.78. The van der Waals surface area contributed by atoms with E-state index in [4.69, 9.17) is 5.11 Å². The van der Waals surface area contributed by atoms with Crippen molar-refractivity contribution in [2.24, 2.45) is 10.2 Å². The minimum Gasteiger partial charge on any atom is -0.480 e. The first kappa shape index (κ1) is 16.1. The topological polar surface area (TPSA) is 62.0 Å². The van der Waals surface area contributed by atoms with Crippen LogP contribution in [-0.4, -0.2) is 23.7 Å². The molecule has 100 valence electrons. The minimum atomic E-state index is -0.912. The second kappa shape index (κ2) is 11.6. The molecule has 0 aromatic heterocycles. The van der Waals surface area contributed by atoms with E-state index in [0.29, 0.717) is 6.54 Å².